The second-order valence-corrected chi connectivity index (χ2v) is 5.01. The van der Waals surface area contributed by atoms with Gasteiger partial charge in [0, 0.05) is 0 Å². The van der Waals surface area contributed by atoms with Crippen molar-refractivity contribution in [1.29, 1.82) is 0 Å². The first-order valence-electron chi connectivity index (χ1n) is 4.73. The Morgan fingerprint density at radius 1 is 1.33 bits per heavy atom. The lowest BCUT2D eigenvalue weighted by Gasteiger charge is -2.13. The van der Waals surface area contributed by atoms with Crippen molar-refractivity contribution in [3.8, 4) is 5.75 Å². The Labute approximate surface area is 102 Å². The summed E-state index contributed by atoms with van der Waals surface area (Å²) in [5, 5.41) is 9.41. The molecule has 0 unspecified atom stereocenters. The van der Waals surface area contributed by atoms with Crippen molar-refractivity contribution in [2.24, 2.45) is 0 Å². The quantitative estimate of drug-likeness (QED) is 0.733. The van der Waals surface area contributed by atoms with Gasteiger partial charge in [0.05, 0.1) is 5.69 Å². The molecule has 102 valence electrons. The van der Waals surface area contributed by atoms with Gasteiger partial charge in [0.2, 0.25) is 0 Å². The van der Waals surface area contributed by atoms with Gasteiger partial charge >= 0.3 is 6.18 Å². The number of hydrogen-bond donors (Lipinski definition) is 3. The number of phenols is 1. The highest BCUT2D eigenvalue weighted by molar-refractivity contribution is 7.90. The van der Waals surface area contributed by atoms with Crippen molar-refractivity contribution in [3.05, 3.63) is 23.8 Å². The average molecular weight is 284 g/mol. The van der Waals surface area contributed by atoms with Gasteiger partial charge in [-0.05, 0) is 18.6 Å². The van der Waals surface area contributed by atoms with Gasteiger partial charge in [-0.3, -0.25) is 4.72 Å². The van der Waals surface area contributed by atoms with Crippen molar-refractivity contribution < 1.29 is 26.7 Å². The predicted molar refractivity (Wildman–Crippen MR) is 59.4 cm³/mol. The molecule has 0 aliphatic heterocycles. The van der Waals surface area contributed by atoms with Gasteiger partial charge in [-0.2, -0.15) is 26.3 Å². The average Bonchev–Trinajstić information content (AvgIpc) is 2.20. The third-order valence-corrected chi connectivity index (χ3v) is 2.95. The van der Waals surface area contributed by atoms with E-state index in [1.165, 1.54) is 29.8 Å². The molecular formula is C9H11F3N2O3S. The van der Waals surface area contributed by atoms with Crippen LogP contribution < -0.4 is 9.44 Å². The van der Waals surface area contributed by atoms with Crippen molar-refractivity contribution >= 4 is 15.9 Å². The molecule has 0 heterocycles. The number of benzene rings is 1. The second-order valence-electron chi connectivity index (χ2n) is 3.51. The Kier molecular flexibility index (Phi) is 4.07. The zero-order valence-corrected chi connectivity index (χ0v) is 10.1. The first kappa shape index (κ1) is 14.6. The molecule has 1 rings (SSSR count). The van der Waals surface area contributed by atoms with Crippen LogP contribution in [0.5, 0.6) is 5.75 Å². The van der Waals surface area contributed by atoms with E-state index in [0.717, 1.165) is 0 Å². The van der Waals surface area contributed by atoms with Crippen LogP contribution in [0.1, 0.15) is 5.56 Å². The number of hydrogen-bond acceptors (Lipinski definition) is 3. The molecular weight excluding hydrogens is 273 g/mol. The summed E-state index contributed by atoms with van der Waals surface area (Å²) in [4.78, 5) is 0. The highest BCUT2D eigenvalue weighted by Gasteiger charge is 2.29. The molecule has 5 nitrogen and oxygen atoms in total. The minimum atomic E-state index is -4.65. The molecule has 18 heavy (non-hydrogen) atoms. The van der Waals surface area contributed by atoms with Crippen molar-refractivity contribution in [2.45, 2.75) is 13.1 Å². The fourth-order valence-corrected chi connectivity index (χ4v) is 2.09. The number of phenolic OH excluding ortho intramolecular Hbond substituents is 1. The normalized spacial score (nSPS) is 12.4. The highest BCUT2D eigenvalue weighted by atomic mass is 32.2. The van der Waals surface area contributed by atoms with E-state index in [9.17, 15) is 26.7 Å². The lowest BCUT2D eigenvalue weighted by atomic mass is 10.2. The highest BCUT2D eigenvalue weighted by Crippen LogP contribution is 2.27. The van der Waals surface area contributed by atoms with Crippen molar-refractivity contribution in [2.75, 3.05) is 11.3 Å². The fourth-order valence-electron chi connectivity index (χ4n) is 1.13. The zero-order valence-electron chi connectivity index (χ0n) is 9.25. The van der Waals surface area contributed by atoms with Gasteiger partial charge in [0.15, 0.2) is 0 Å². The second kappa shape index (κ2) is 5.02. The van der Waals surface area contributed by atoms with E-state index in [0.29, 0.717) is 5.56 Å². The third-order valence-electron chi connectivity index (χ3n) is 1.95. The van der Waals surface area contributed by atoms with Crippen LogP contribution in [-0.2, 0) is 10.2 Å². The van der Waals surface area contributed by atoms with Gasteiger partial charge in [-0.15, -0.1) is 0 Å². The van der Waals surface area contributed by atoms with E-state index in [4.69, 9.17) is 0 Å². The first-order chi connectivity index (χ1) is 8.11. The van der Waals surface area contributed by atoms with Crippen LogP contribution >= 0.6 is 0 Å². The van der Waals surface area contributed by atoms with Crippen LogP contribution in [0, 0.1) is 6.92 Å². The lowest BCUT2D eigenvalue weighted by Crippen LogP contribution is -2.37. The summed E-state index contributed by atoms with van der Waals surface area (Å²) in [6.45, 7) is -0.184. The van der Waals surface area contributed by atoms with Crippen molar-refractivity contribution in [1.82, 2.24) is 4.72 Å². The summed E-state index contributed by atoms with van der Waals surface area (Å²) in [6, 6.07) is 4.20. The molecule has 0 fully saturated rings. The monoisotopic (exact) mass is 284 g/mol. The number of aryl methyl sites for hydroxylation is 1. The molecule has 9 heteroatoms. The predicted octanol–water partition coefficient (Wildman–Crippen LogP) is 1.51. The topological polar surface area (TPSA) is 78.4 Å². The number of rotatable bonds is 4. The summed E-state index contributed by atoms with van der Waals surface area (Å²) >= 11 is 0. The summed E-state index contributed by atoms with van der Waals surface area (Å²) in [5.74, 6) is -0.368. The Balaban J connectivity index is 2.84. The first-order valence-corrected chi connectivity index (χ1v) is 6.22. The number of anilines is 1. The number of aromatic hydroxyl groups is 1. The molecule has 0 saturated carbocycles. The molecule has 0 aliphatic rings. The standard InChI is InChI=1S/C9H11F3N2O3S/c1-6-3-2-4-7(15)8(6)14-18(16,17)13-5-9(10,11)12/h2-4,13-15H,5H2,1H3. The summed E-state index contributed by atoms with van der Waals surface area (Å²) in [6.07, 6.45) is -4.65. The summed E-state index contributed by atoms with van der Waals surface area (Å²) in [5.41, 5.74) is 0.222. The maximum atomic E-state index is 11.9. The molecule has 3 N–H and O–H groups in total. The smallest absolute Gasteiger partial charge is 0.402 e. The summed E-state index contributed by atoms with van der Waals surface area (Å²) < 4.78 is 61.4. The van der Waals surface area contributed by atoms with Crippen LogP contribution in [0.4, 0.5) is 18.9 Å². The number of halogens is 3. The van der Waals surface area contributed by atoms with Crippen LogP contribution in [0.25, 0.3) is 0 Å². The molecule has 0 spiro atoms. The van der Waals surface area contributed by atoms with E-state index in [-0.39, 0.29) is 11.4 Å². The minimum Gasteiger partial charge on any atom is -0.506 e. The molecule has 0 aliphatic carbocycles. The Morgan fingerprint density at radius 2 is 1.94 bits per heavy atom. The van der Waals surface area contributed by atoms with Gasteiger partial charge in [-0.25, -0.2) is 0 Å². The van der Waals surface area contributed by atoms with Crippen LogP contribution in [0.3, 0.4) is 0 Å². The Hall–Kier alpha value is -1.48. The van der Waals surface area contributed by atoms with E-state index in [1.54, 1.807) is 0 Å². The number of para-hydroxylation sites is 1. The molecule has 1 aromatic carbocycles. The van der Waals surface area contributed by atoms with E-state index >= 15 is 0 Å². The molecule has 0 radical (unpaired) electrons. The Bertz CT molecular complexity index is 508. The molecule has 0 bridgehead atoms. The Morgan fingerprint density at radius 3 is 2.44 bits per heavy atom. The van der Waals surface area contributed by atoms with E-state index in [2.05, 4.69) is 0 Å². The minimum absolute atomic E-state index is 0.160. The van der Waals surface area contributed by atoms with E-state index in [1.807, 2.05) is 4.72 Å². The SMILES string of the molecule is Cc1cccc(O)c1NS(=O)(=O)NCC(F)(F)F. The van der Waals surface area contributed by atoms with Crippen LogP contribution in [0.15, 0.2) is 18.2 Å². The molecule has 0 aromatic heterocycles. The molecule has 0 amide bonds. The molecule has 0 atom stereocenters. The third kappa shape index (κ3) is 4.41. The summed E-state index contributed by atoms with van der Waals surface area (Å²) in [7, 11) is -4.39. The molecule has 0 saturated heterocycles. The van der Waals surface area contributed by atoms with Crippen LogP contribution in [-0.4, -0.2) is 26.2 Å². The maximum absolute atomic E-state index is 11.9. The number of nitrogens with one attached hydrogen (secondary N) is 2. The van der Waals surface area contributed by atoms with Gasteiger partial charge in [0.25, 0.3) is 10.2 Å². The van der Waals surface area contributed by atoms with Gasteiger partial charge in [-0.1, -0.05) is 12.1 Å². The lowest BCUT2D eigenvalue weighted by molar-refractivity contribution is -0.121. The van der Waals surface area contributed by atoms with Crippen LogP contribution in [0.2, 0.25) is 0 Å². The van der Waals surface area contributed by atoms with Crippen molar-refractivity contribution in [3.63, 3.8) is 0 Å². The fraction of sp³-hybridized carbons (Fsp3) is 0.333. The number of alkyl halides is 3. The van der Waals surface area contributed by atoms with Gasteiger partial charge < -0.3 is 5.11 Å². The maximum Gasteiger partial charge on any atom is 0.402 e. The van der Waals surface area contributed by atoms with E-state index < -0.39 is 22.9 Å². The van der Waals surface area contributed by atoms with Gasteiger partial charge in [0.1, 0.15) is 12.3 Å². The largest absolute Gasteiger partial charge is 0.506 e. The molecule has 1 aromatic rings. The zero-order chi connectivity index (χ0) is 14.0.